The molecule has 0 saturated carbocycles. The Morgan fingerprint density at radius 2 is 2.13 bits per heavy atom. The van der Waals surface area contributed by atoms with Crippen molar-refractivity contribution in [2.24, 2.45) is 0 Å². The number of thiophene rings is 1. The van der Waals surface area contributed by atoms with Gasteiger partial charge in [-0.2, -0.15) is 0 Å². The first-order valence-corrected chi connectivity index (χ1v) is 8.96. The number of ether oxygens (including phenoxy) is 1. The summed E-state index contributed by atoms with van der Waals surface area (Å²) in [6.45, 7) is 0. The van der Waals surface area contributed by atoms with Crippen LogP contribution < -0.4 is 4.74 Å². The minimum absolute atomic E-state index is 0.0419. The van der Waals surface area contributed by atoms with E-state index in [-0.39, 0.29) is 5.78 Å². The number of pyridine rings is 1. The van der Waals surface area contributed by atoms with Crippen LogP contribution in [0.15, 0.2) is 42.5 Å². The first-order chi connectivity index (χ1) is 11.1. The second-order valence-electron chi connectivity index (χ2n) is 4.73. The molecule has 0 fully saturated rings. The normalized spacial score (nSPS) is 11.3. The van der Waals surface area contributed by atoms with Gasteiger partial charge in [-0.25, -0.2) is 4.98 Å². The van der Waals surface area contributed by atoms with Crippen molar-refractivity contribution >= 4 is 68.3 Å². The molecule has 0 aliphatic rings. The highest BCUT2D eigenvalue weighted by Crippen LogP contribution is 2.25. The number of methoxy groups -OCH3 is 1. The summed E-state index contributed by atoms with van der Waals surface area (Å²) in [5, 5.41) is 1.28. The molecule has 0 saturated heterocycles. The van der Waals surface area contributed by atoms with Crippen molar-refractivity contribution in [2.75, 3.05) is 7.11 Å². The molecule has 3 rings (SSSR count). The monoisotopic (exact) mass is 455 g/mol. The molecule has 116 valence electrons. The molecule has 0 bridgehead atoms. The van der Waals surface area contributed by atoms with Crippen LogP contribution in [0.4, 0.5) is 0 Å². The Morgan fingerprint density at radius 3 is 2.83 bits per heavy atom. The van der Waals surface area contributed by atoms with E-state index in [4.69, 9.17) is 16.3 Å². The molecule has 2 heterocycles. The average molecular weight is 456 g/mol. The number of hydrogen-bond donors (Lipinski definition) is 0. The number of nitrogens with zero attached hydrogens (tertiary/aromatic N) is 1. The van der Waals surface area contributed by atoms with Gasteiger partial charge in [-0.1, -0.05) is 11.6 Å². The Morgan fingerprint density at radius 1 is 1.30 bits per heavy atom. The summed E-state index contributed by atoms with van der Waals surface area (Å²) >= 11 is 9.86. The molecular weight excluding hydrogens is 445 g/mol. The predicted molar refractivity (Wildman–Crippen MR) is 104 cm³/mol. The van der Waals surface area contributed by atoms with Crippen LogP contribution in [0, 0.1) is 2.88 Å². The van der Waals surface area contributed by atoms with E-state index in [1.54, 1.807) is 13.2 Å². The summed E-state index contributed by atoms with van der Waals surface area (Å²) in [5.74, 6) is 0.709. The van der Waals surface area contributed by atoms with Crippen LogP contribution in [0.25, 0.3) is 17.0 Å². The zero-order chi connectivity index (χ0) is 16.4. The van der Waals surface area contributed by atoms with Crippen LogP contribution >= 0.6 is 45.5 Å². The Balaban J connectivity index is 1.94. The third-order valence-corrected chi connectivity index (χ3v) is 5.44. The van der Waals surface area contributed by atoms with E-state index in [0.717, 1.165) is 19.5 Å². The van der Waals surface area contributed by atoms with E-state index >= 15 is 0 Å². The van der Waals surface area contributed by atoms with Gasteiger partial charge in [0.2, 0.25) is 0 Å². The van der Waals surface area contributed by atoms with Crippen LogP contribution in [0.3, 0.4) is 0 Å². The fourth-order valence-electron chi connectivity index (χ4n) is 2.09. The van der Waals surface area contributed by atoms with Crippen LogP contribution in [-0.4, -0.2) is 17.9 Å². The molecule has 0 atom stereocenters. The molecule has 6 heteroatoms. The lowest BCUT2D eigenvalue weighted by molar-refractivity contribution is 0.105. The Bertz CT molecular complexity index is 920. The summed E-state index contributed by atoms with van der Waals surface area (Å²) in [5.41, 5.74) is 1.49. The maximum Gasteiger partial charge on any atom is 0.195 e. The predicted octanol–water partition coefficient (Wildman–Crippen LogP) is 5.46. The second-order valence-corrected chi connectivity index (χ2v) is 8.06. The largest absolute Gasteiger partial charge is 0.497 e. The van der Waals surface area contributed by atoms with Gasteiger partial charge in [-0.3, -0.25) is 4.79 Å². The summed E-state index contributed by atoms with van der Waals surface area (Å²) in [7, 11) is 1.62. The van der Waals surface area contributed by atoms with Gasteiger partial charge in [0.1, 0.15) is 10.9 Å². The molecule has 0 amide bonds. The first-order valence-electron chi connectivity index (χ1n) is 6.69. The van der Waals surface area contributed by atoms with Gasteiger partial charge in [-0.15, -0.1) is 11.3 Å². The minimum atomic E-state index is -0.0419. The summed E-state index contributed by atoms with van der Waals surface area (Å²) in [6, 6.07) is 11.2. The van der Waals surface area contributed by atoms with Crippen molar-refractivity contribution in [2.45, 2.75) is 0 Å². The number of fused-ring (bicyclic) bond motifs is 1. The van der Waals surface area contributed by atoms with Gasteiger partial charge in [0.15, 0.2) is 5.78 Å². The SMILES string of the molecule is COc1ccc2nc(Cl)c(/C=C/C(=O)c3ccc(I)s3)cc2c1. The van der Waals surface area contributed by atoms with Crippen LogP contribution in [-0.2, 0) is 0 Å². The number of benzene rings is 1. The molecule has 0 radical (unpaired) electrons. The fraction of sp³-hybridized carbons (Fsp3) is 0.0588. The molecule has 0 spiro atoms. The molecule has 0 N–H and O–H groups in total. The summed E-state index contributed by atoms with van der Waals surface area (Å²) < 4.78 is 6.30. The topological polar surface area (TPSA) is 39.2 Å². The van der Waals surface area contributed by atoms with E-state index in [1.165, 1.54) is 17.4 Å². The lowest BCUT2D eigenvalue weighted by Crippen LogP contribution is -1.90. The highest BCUT2D eigenvalue weighted by Gasteiger charge is 2.07. The van der Waals surface area contributed by atoms with Crippen molar-refractivity contribution in [1.82, 2.24) is 4.98 Å². The lowest BCUT2D eigenvalue weighted by atomic mass is 10.1. The van der Waals surface area contributed by atoms with Crippen molar-refractivity contribution in [3.8, 4) is 5.75 Å². The maximum absolute atomic E-state index is 12.1. The Labute approximate surface area is 156 Å². The van der Waals surface area contributed by atoms with Crippen molar-refractivity contribution in [3.63, 3.8) is 0 Å². The highest BCUT2D eigenvalue weighted by molar-refractivity contribution is 14.1. The maximum atomic E-state index is 12.1. The van der Waals surface area contributed by atoms with Crippen LogP contribution in [0.1, 0.15) is 15.2 Å². The van der Waals surface area contributed by atoms with Gasteiger partial charge >= 0.3 is 0 Å². The zero-order valence-electron chi connectivity index (χ0n) is 12.0. The Hall–Kier alpha value is -1.44. The molecule has 0 unspecified atom stereocenters. The number of aromatic nitrogens is 1. The van der Waals surface area contributed by atoms with E-state index < -0.39 is 0 Å². The number of rotatable bonds is 4. The third-order valence-electron chi connectivity index (χ3n) is 3.23. The number of carbonyl (C=O) groups is 1. The van der Waals surface area contributed by atoms with Gasteiger partial charge in [-0.05, 0) is 71.1 Å². The number of hydrogen-bond acceptors (Lipinski definition) is 4. The van der Waals surface area contributed by atoms with Gasteiger partial charge in [0.25, 0.3) is 0 Å². The molecular formula is C17H11ClINO2S. The smallest absolute Gasteiger partial charge is 0.195 e. The number of ketones is 1. The standard InChI is InChI=1S/C17H11ClINO2S/c1-22-12-3-4-13-11(9-12)8-10(17(18)20-13)2-5-14(21)15-6-7-16(19)23-15/h2-9H,1H3/b5-2+. The number of halogens is 2. The van der Waals surface area contributed by atoms with Crippen LogP contribution in [0.2, 0.25) is 5.15 Å². The molecule has 3 aromatic rings. The average Bonchev–Trinajstić information content (AvgIpc) is 2.98. The molecule has 0 aliphatic heterocycles. The zero-order valence-corrected chi connectivity index (χ0v) is 15.8. The molecule has 0 aliphatic carbocycles. The third kappa shape index (κ3) is 3.73. The molecule has 23 heavy (non-hydrogen) atoms. The molecule has 3 nitrogen and oxygen atoms in total. The van der Waals surface area contributed by atoms with Crippen molar-refractivity contribution in [1.29, 1.82) is 0 Å². The van der Waals surface area contributed by atoms with E-state index in [2.05, 4.69) is 27.6 Å². The molecule has 2 aromatic heterocycles. The number of carbonyl (C=O) groups excluding carboxylic acids is 1. The highest BCUT2D eigenvalue weighted by atomic mass is 127. The second kappa shape index (κ2) is 6.98. The Kier molecular flexibility index (Phi) is 4.99. The fourth-order valence-corrected chi connectivity index (χ4v) is 3.84. The van der Waals surface area contributed by atoms with E-state index in [1.807, 2.05) is 36.4 Å². The minimum Gasteiger partial charge on any atom is -0.497 e. The summed E-state index contributed by atoms with van der Waals surface area (Å²) in [6.07, 6.45) is 3.22. The summed E-state index contributed by atoms with van der Waals surface area (Å²) in [4.78, 5) is 17.2. The van der Waals surface area contributed by atoms with Crippen molar-refractivity contribution in [3.05, 3.63) is 61.0 Å². The van der Waals surface area contributed by atoms with Gasteiger partial charge in [0.05, 0.1) is 20.4 Å². The van der Waals surface area contributed by atoms with E-state index in [0.29, 0.717) is 15.6 Å². The van der Waals surface area contributed by atoms with Gasteiger partial charge in [0, 0.05) is 10.9 Å². The molecule has 1 aromatic carbocycles. The quantitative estimate of drug-likeness (QED) is 0.227. The first kappa shape index (κ1) is 16.4. The van der Waals surface area contributed by atoms with Crippen molar-refractivity contribution < 1.29 is 9.53 Å². The number of allylic oxidation sites excluding steroid dienone is 1. The lowest BCUT2D eigenvalue weighted by Gasteiger charge is -2.04. The van der Waals surface area contributed by atoms with E-state index in [9.17, 15) is 4.79 Å². The van der Waals surface area contributed by atoms with Gasteiger partial charge < -0.3 is 4.74 Å². The van der Waals surface area contributed by atoms with Crippen LogP contribution in [0.5, 0.6) is 5.75 Å².